The van der Waals surface area contributed by atoms with E-state index in [9.17, 15) is 0 Å². The van der Waals surface area contributed by atoms with Gasteiger partial charge < -0.3 is 0 Å². The minimum atomic E-state index is 0. The number of hydrogen-bond acceptors (Lipinski definition) is 0. The molecule has 0 aromatic heterocycles. The second-order valence-corrected chi connectivity index (χ2v) is 22.5. The van der Waals surface area contributed by atoms with Gasteiger partial charge in [0.25, 0.3) is 0 Å². The van der Waals surface area contributed by atoms with Crippen LogP contribution < -0.4 is 0 Å². The normalized spacial score (nSPS) is 11.8. The summed E-state index contributed by atoms with van der Waals surface area (Å²) in [6, 6.07) is 0. The molecular formula is C52H136P8. The molecule has 0 spiro atoms. The standard InChI is InChI=1S/2C7H17P.C6H15P.4C4H11P.3C3H6.C2H4.CH5P.4CH4/c1-6(2)4-5-7(3)8;1-4-6(2)5-7(3)8;1-3-4-5-6(2)7;4*1-3-4(2)5;3*1-3-2;2*1-2;;;;/h2*6-7H,4-5,8H2,1-3H3;6H,3-5,7H2,1-2H3;4*4H,3,5H2,1-2H3;3*3H,1H2,2H3;1-2H2;2H2,1H3;4*1H4. The van der Waals surface area contributed by atoms with E-state index >= 15 is 0 Å². The lowest BCUT2D eigenvalue weighted by Gasteiger charge is -2.09. The molecule has 0 radical (unpaired) electrons. The van der Waals surface area contributed by atoms with Crippen molar-refractivity contribution >= 4 is 73.9 Å². The molecule has 0 heterocycles. The zero-order valence-electron chi connectivity index (χ0n) is 42.9. The summed E-state index contributed by atoms with van der Waals surface area (Å²) in [4.78, 5) is 0. The third-order valence-electron chi connectivity index (χ3n) is 6.26. The van der Waals surface area contributed by atoms with Crippen molar-refractivity contribution in [2.45, 2.75) is 271 Å². The zero-order chi connectivity index (χ0) is 48.1. The van der Waals surface area contributed by atoms with Crippen molar-refractivity contribution in [2.24, 2.45) is 11.8 Å². The van der Waals surface area contributed by atoms with Crippen LogP contribution in [-0.4, -0.2) is 46.3 Å². The van der Waals surface area contributed by atoms with Crippen LogP contribution in [0.2, 0.25) is 0 Å². The first-order chi connectivity index (χ1) is 25.9. The summed E-state index contributed by atoms with van der Waals surface area (Å²) in [5.74, 6) is 1.78. The van der Waals surface area contributed by atoms with Crippen LogP contribution in [0.5, 0.6) is 0 Å². The van der Waals surface area contributed by atoms with Crippen LogP contribution in [-0.2, 0) is 0 Å². The van der Waals surface area contributed by atoms with Crippen molar-refractivity contribution < 1.29 is 0 Å². The Hall–Kier alpha value is 2.40. The summed E-state index contributed by atoms with van der Waals surface area (Å²) < 4.78 is 0. The van der Waals surface area contributed by atoms with E-state index in [1.165, 1.54) is 70.6 Å². The van der Waals surface area contributed by atoms with E-state index in [0.717, 1.165) is 51.4 Å². The average Bonchev–Trinajstić information content (AvgIpc) is 3.13. The lowest BCUT2D eigenvalue weighted by Crippen LogP contribution is -1.99. The molecule has 0 fully saturated rings. The van der Waals surface area contributed by atoms with E-state index in [4.69, 9.17) is 0 Å². The van der Waals surface area contributed by atoms with Gasteiger partial charge in [0.15, 0.2) is 0 Å². The molecule has 16 unspecified atom stereocenters. The minimum absolute atomic E-state index is 0. The van der Waals surface area contributed by atoms with Crippen molar-refractivity contribution in [3.63, 3.8) is 0 Å². The molecule has 0 N–H and O–H groups in total. The van der Waals surface area contributed by atoms with E-state index < -0.39 is 0 Å². The highest BCUT2D eigenvalue weighted by Gasteiger charge is 2.00. The third-order valence-corrected chi connectivity index (χ3v) is 9.08. The Labute approximate surface area is 412 Å². The molecule has 0 bridgehead atoms. The highest BCUT2D eigenvalue weighted by Crippen LogP contribution is 2.14. The Morgan fingerprint density at radius 3 is 0.633 bits per heavy atom. The summed E-state index contributed by atoms with van der Waals surface area (Å²) in [5, 5.41) is 0. The molecule has 0 aliphatic heterocycles. The van der Waals surface area contributed by atoms with Gasteiger partial charge in [-0.1, -0.05) is 217 Å². The zero-order valence-corrected chi connectivity index (χ0v) is 52.1. The number of allylic oxidation sites excluding steroid dienone is 3. The Morgan fingerprint density at radius 1 is 0.383 bits per heavy atom. The Kier molecular flexibility index (Phi) is 217. The van der Waals surface area contributed by atoms with E-state index in [1.54, 1.807) is 18.2 Å². The molecule has 16 atom stereocenters. The van der Waals surface area contributed by atoms with Crippen LogP contribution in [0, 0.1) is 11.8 Å². The van der Waals surface area contributed by atoms with Gasteiger partial charge in [-0.2, -0.15) is 0 Å². The van der Waals surface area contributed by atoms with Crippen LogP contribution in [0.1, 0.15) is 232 Å². The van der Waals surface area contributed by atoms with Gasteiger partial charge in [0.1, 0.15) is 0 Å². The molecule has 0 amide bonds. The summed E-state index contributed by atoms with van der Waals surface area (Å²) >= 11 is 0. The first-order valence-electron chi connectivity index (χ1n) is 22.0. The number of hydrogen-bond donors (Lipinski definition) is 0. The first kappa shape index (κ1) is 109. The van der Waals surface area contributed by atoms with Crippen molar-refractivity contribution in [1.82, 2.24) is 0 Å². The molecule has 0 rings (SSSR count). The van der Waals surface area contributed by atoms with Gasteiger partial charge in [0.2, 0.25) is 0 Å². The van der Waals surface area contributed by atoms with Gasteiger partial charge >= 0.3 is 0 Å². The van der Waals surface area contributed by atoms with E-state index in [0.29, 0.717) is 0 Å². The van der Waals surface area contributed by atoms with Gasteiger partial charge in [-0.25, -0.2) is 0 Å². The molecule has 0 aromatic carbocycles. The molecule has 0 aliphatic rings. The Balaban J connectivity index is -0.0000000256. The molecule has 384 valence electrons. The Bertz CT molecular complexity index is 494. The fraction of sp³-hybridized carbons (Fsp3) is 0.846. The summed E-state index contributed by atoms with van der Waals surface area (Å²) in [7, 11) is 21.8. The molecule has 0 saturated heterocycles. The van der Waals surface area contributed by atoms with E-state index in [-0.39, 0.29) is 29.7 Å². The topological polar surface area (TPSA) is 0 Å². The van der Waals surface area contributed by atoms with Crippen LogP contribution in [0.4, 0.5) is 0 Å². The first-order valence-corrected chi connectivity index (χ1v) is 27.8. The molecule has 0 aliphatic carbocycles. The second-order valence-electron chi connectivity index (χ2n) is 14.6. The fourth-order valence-electron chi connectivity index (χ4n) is 1.92. The number of unbranched alkanes of at least 4 members (excludes halogenated alkanes) is 1. The van der Waals surface area contributed by atoms with Gasteiger partial charge in [-0.3, -0.25) is 0 Å². The molecule has 0 aromatic rings. The Morgan fingerprint density at radius 2 is 0.583 bits per heavy atom. The van der Waals surface area contributed by atoms with Crippen LogP contribution in [0.25, 0.3) is 0 Å². The minimum Gasteiger partial charge on any atom is -0.141 e. The summed E-state index contributed by atoms with van der Waals surface area (Å²) in [5.41, 5.74) is 5.62. The second kappa shape index (κ2) is 119. The fourth-order valence-corrected chi connectivity index (χ4v) is 2.82. The quantitative estimate of drug-likeness (QED) is 0.127. The van der Waals surface area contributed by atoms with E-state index in [2.05, 4.69) is 218 Å². The van der Waals surface area contributed by atoms with Crippen molar-refractivity contribution in [3.8, 4) is 0 Å². The lowest BCUT2D eigenvalue weighted by molar-refractivity contribution is 0.515. The molecule has 60 heavy (non-hydrogen) atoms. The number of rotatable bonds is 13. The highest BCUT2D eigenvalue weighted by atomic mass is 31.0. The van der Waals surface area contributed by atoms with Crippen molar-refractivity contribution in [1.29, 1.82) is 0 Å². The van der Waals surface area contributed by atoms with Gasteiger partial charge in [0.05, 0.1) is 0 Å². The van der Waals surface area contributed by atoms with Gasteiger partial charge in [0, 0.05) is 0 Å². The van der Waals surface area contributed by atoms with Crippen LogP contribution in [0.15, 0.2) is 51.1 Å². The monoisotopic (exact) mass is 1010 g/mol. The van der Waals surface area contributed by atoms with Crippen LogP contribution >= 0.6 is 73.9 Å². The lowest BCUT2D eigenvalue weighted by atomic mass is 10.0. The highest BCUT2D eigenvalue weighted by molar-refractivity contribution is 7.18. The van der Waals surface area contributed by atoms with Crippen LogP contribution in [0.3, 0.4) is 0 Å². The van der Waals surface area contributed by atoms with Gasteiger partial charge in [-0.05, 0) is 91.5 Å². The van der Waals surface area contributed by atoms with Crippen molar-refractivity contribution in [2.75, 3.05) is 6.66 Å². The maximum atomic E-state index is 3.36. The molecule has 0 nitrogen and oxygen atoms in total. The third kappa shape index (κ3) is 330. The molecular weight excluding hydrogens is 872 g/mol. The predicted molar refractivity (Wildman–Crippen MR) is 344 cm³/mol. The maximum Gasteiger partial charge on any atom is -0.0290 e. The molecule has 0 saturated carbocycles. The predicted octanol–water partition coefficient (Wildman–Crippen LogP) is 21.9. The van der Waals surface area contributed by atoms with E-state index in [1.807, 2.05) is 27.4 Å². The summed E-state index contributed by atoms with van der Waals surface area (Å²) in [6.07, 6.45) is 19.8. The SMILES string of the molecule is C.C.C.C.C=C.C=CC.C=CC.C=CC.CC(C)CCC(C)P.CCC(C)CC(C)P.CCC(C)P.CCC(C)P.CCC(C)P.CCC(C)P.CCCCC(C)P.CP. The average molecular weight is 1010 g/mol. The molecule has 8 heteroatoms. The smallest absolute Gasteiger partial charge is 0.0290 e. The summed E-state index contributed by atoms with van der Waals surface area (Å²) in [6.45, 7) is 59.2. The maximum absolute atomic E-state index is 3.36. The van der Waals surface area contributed by atoms with Crippen molar-refractivity contribution in [3.05, 3.63) is 51.1 Å². The largest absolute Gasteiger partial charge is 0.141 e. The van der Waals surface area contributed by atoms with Gasteiger partial charge in [-0.15, -0.1) is 107 Å².